The van der Waals surface area contributed by atoms with Crippen molar-refractivity contribution in [2.75, 3.05) is 19.6 Å². The molecule has 1 aromatic carbocycles. The summed E-state index contributed by atoms with van der Waals surface area (Å²) in [6.07, 6.45) is 1.17. The normalized spacial score (nSPS) is 26.9. The van der Waals surface area contributed by atoms with Gasteiger partial charge in [-0.25, -0.2) is 0 Å². The quantitative estimate of drug-likeness (QED) is 0.643. The minimum absolute atomic E-state index is 0.0164. The maximum absolute atomic E-state index is 6.39. The Bertz CT molecular complexity index is 313. The lowest BCUT2D eigenvalue weighted by Crippen LogP contribution is -2.50. The van der Waals surface area contributed by atoms with Crippen LogP contribution in [0, 0.1) is 0 Å². The molecular weight excluding hydrogens is 220 g/mol. The van der Waals surface area contributed by atoms with E-state index >= 15 is 0 Å². The Balaban J connectivity index is 2.19. The Morgan fingerprint density at radius 2 is 2.12 bits per heavy atom. The van der Waals surface area contributed by atoms with Crippen molar-refractivity contribution in [2.45, 2.75) is 24.9 Å². The van der Waals surface area contributed by atoms with E-state index in [-0.39, 0.29) is 5.50 Å². The van der Waals surface area contributed by atoms with Gasteiger partial charge in [0.2, 0.25) is 0 Å². The van der Waals surface area contributed by atoms with Crippen molar-refractivity contribution in [1.82, 2.24) is 10.2 Å². The molecule has 1 aliphatic rings. The number of hydrogen-bond donors (Lipinski definition) is 1. The van der Waals surface area contributed by atoms with E-state index in [9.17, 15) is 0 Å². The van der Waals surface area contributed by atoms with Crippen LogP contribution in [0.1, 0.15) is 24.9 Å². The minimum Gasteiger partial charge on any atom is -0.298 e. The molecule has 1 N–H and O–H groups in total. The summed E-state index contributed by atoms with van der Waals surface area (Å²) in [5.41, 5.74) is 1.32. The van der Waals surface area contributed by atoms with Crippen LogP contribution in [-0.2, 0) is 0 Å². The number of piperazine rings is 1. The molecule has 88 valence electrons. The molecule has 16 heavy (non-hydrogen) atoms. The van der Waals surface area contributed by atoms with Gasteiger partial charge >= 0.3 is 0 Å². The molecule has 1 aromatic rings. The summed E-state index contributed by atoms with van der Waals surface area (Å²) in [6, 6.07) is 10.8. The average molecular weight is 239 g/mol. The molecule has 0 bridgehead atoms. The molecular formula is C13H19ClN2. The first kappa shape index (κ1) is 11.9. The second-order valence-corrected chi connectivity index (χ2v) is 4.72. The Labute approximate surface area is 103 Å². The molecule has 0 saturated carbocycles. The second kappa shape index (κ2) is 5.67. The van der Waals surface area contributed by atoms with Gasteiger partial charge in [-0.2, -0.15) is 0 Å². The number of nitrogens with zero attached hydrogens (tertiary/aromatic N) is 1. The van der Waals surface area contributed by atoms with Crippen LogP contribution in [0.3, 0.4) is 0 Å². The van der Waals surface area contributed by atoms with Crippen molar-refractivity contribution in [2.24, 2.45) is 0 Å². The molecule has 1 aliphatic heterocycles. The first-order valence-corrected chi connectivity index (χ1v) is 6.43. The third-order valence-corrected chi connectivity index (χ3v) is 3.45. The summed E-state index contributed by atoms with van der Waals surface area (Å²) in [6.45, 7) is 5.39. The van der Waals surface area contributed by atoms with Crippen molar-refractivity contribution >= 4 is 11.6 Å². The van der Waals surface area contributed by atoms with Crippen molar-refractivity contribution in [3.63, 3.8) is 0 Å². The van der Waals surface area contributed by atoms with Gasteiger partial charge in [0, 0.05) is 13.1 Å². The van der Waals surface area contributed by atoms with Gasteiger partial charge in [-0.3, -0.25) is 10.2 Å². The van der Waals surface area contributed by atoms with Gasteiger partial charge in [0.15, 0.2) is 0 Å². The number of nitrogens with one attached hydrogen (secondary N) is 1. The maximum atomic E-state index is 6.39. The largest absolute Gasteiger partial charge is 0.298 e. The van der Waals surface area contributed by atoms with Crippen molar-refractivity contribution in [3.8, 4) is 0 Å². The fourth-order valence-corrected chi connectivity index (χ4v) is 2.76. The first-order chi connectivity index (χ1) is 7.83. The van der Waals surface area contributed by atoms with E-state index in [1.807, 2.05) is 6.07 Å². The third-order valence-electron chi connectivity index (χ3n) is 3.06. The van der Waals surface area contributed by atoms with E-state index in [0.29, 0.717) is 6.04 Å². The molecule has 3 heteroatoms. The molecule has 0 aromatic heterocycles. The molecule has 2 rings (SSSR count). The predicted octanol–water partition coefficient (Wildman–Crippen LogP) is 2.61. The third kappa shape index (κ3) is 2.57. The van der Waals surface area contributed by atoms with Crippen molar-refractivity contribution < 1.29 is 0 Å². The highest BCUT2D eigenvalue weighted by atomic mass is 35.5. The lowest BCUT2D eigenvalue weighted by Gasteiger charge is -2.39. The maximum Gasteiger partial charge on any atom is 0.102 e. The van der Waals surface area contributed by atoms with E-state index in [1.54, 1.807) is 0 Å². The number of alkyl halides is 1. The summed E-state index contributed by atoms with van der Waals surface area (Å²) in [5.74, 6) is 0. The Morgan fingerprint density at radius 1 is 1.38 bits per heavy atom. The molecule has 0 spiro atoms. The molecule has 1 fully saturated rings. The van der Waals surface area contributed by atoms with E-state index in [2.05, 4.69) is 41.4 Å². The van der Waals surface area contributed by atoms with Crippen LogP contribution < -0.4 is 5.32 Å². The highest BCUT2D eigenvalue weighted by molar-refractivity contribution is 6.20. The number of hydrogen-bond acceptors (Lipinski definition) is 2. The average Bonchev–Trinajstić information content (AvgIpc) is 2.31. The van der Waals surface area contributed by atoms with Crippen LogP contribution in [-0.4, -0.2) is 30.0 Å². The lowest BCUT2D eigenvalue weighted by atomic mass is 10.0. The molecule has 2 nitrogen and oxygen atoms in total. The predicted molar refractivity (Wildman–Crippen MR) is 68.7 cm³/mol. The van der Waals surface area contributed by atoms with Crippen LogP contribution in [0.4, 0.5) is 0 Å². The fourth-order valence-electron chi connectivity index (χ4n) is 2.35. The van der Waals surface area contributed by atoms with E-state index in [0.717, 1.165) is 19.6 Å². The summed E-state index contributed by atoms with van der Waals surface area (Å²) in [5, 5.41) is 3.34. The lowest BCUT2D eigenvalue weighted by molar-refractivity contribution is 0.148. The van der Waals surface area contributed by atoms with Gasteiger partial charge in [-0.05, 0) is 18.5 Å². The zero-order chi connectivity index (χ0) is 11.4. The smallest absolute Gasteiger partial charge is 0.102 e. The first-order valence-electron chi connectivity index (χ1n) is 5.99. The molecule has 2 atom stereocenters. The SMILES string of the molecule is CCCN1CCNC(Cl)C1c1ccccc1. The summed E-state index contributed by atoms with van der Waals surface area (Å²) in [4.78, 5) is 2.48. The zero-order valence-electron chi connectivity index (χ0n) is 9.70. The van der Waals surface area contributed by atoms with Gasteiger partial charge in [-0.15, -0.1) is 11.6 Å². The second-order valence-electron chi connectivity index (χ2n) is 4.25. The molecule has 0 amide bonds. The minimum atomic E-state index is 0.0164. The standard InChI is InChI=1S/C13H19ClN2/c1-2-9-16-10-8-15-13(14)12(16)11-6-4-3-5-7-11/h3-7,12-13,15H,2,8-10H2,1H3. The summed E-state index contributed by atoms with van der Waals surface area (Å²) < 4.78 is 0. The van der Waals surface area contributed by atoms with Gasteiger partial charge in [0.1, 0.15) is 5.50 Å². The Morgan fingerprint density at radius 3 is 2.81 bits per heavy atom. The monoisotopic (exact) mass is 238 g/mol. The van der Waals surface area contributed by atoms with Gasteiger partial charge in [0.05, 0.1) is 6.04 Å². The van der Waals surface area contributed by atoms with E-state index < -0.39 is 0 Å². The van der Waals surface area contributed by atoms with E-state index in [1.165, 1.54) is 12.0 Å². The number of rotatable bonds is 3. The fraction of sp³-hybridized carbons (Fsp3) is 0.538. The topological polar surface area (TPSA) is 15.3 Å². The summed E-state index contributed by atoms with van der Waals surface area (Å²) >= 11 is 6.39. The Kier molecular flexibility index (Phi) is 4.22. The van der Waals surface area contributed by atoms with E-state index in [4.69, 9.17) is 11.6 Å². The molecule has 0 aliphatic carbocycles. The highest BCUT2D eigenvalue weighted by Crippen LogP contribution is 2.28. The Hall–Kier alpha value is -0.570. The van der Waals surface area contributed by atoms with Gasteiger partial charge < -0.3 is 0 Å². The summed E-state index contributed by atoms with van der Waals surface area (Å²) in [7, 11) is 0. The zero-order valence-corrected chi connectivity index (χ0v) is 10.5. The van der Waals surface area contributed by atoms with Crippen LogP contribution >= 0.6 is 11.6 Å². The number of halogens is 1. The molecule has 2 unspecified atom stereocenters. The highest BCUT2D eigenvalue weighted by Gasteiger charge is 2.30. The molecule has 0 radical (unpaired) electrons. The number of benzene rings is 1. The molecule has 1 heterocycles. The van der Waals surface area contributed by atoms with Crippen LogP contribution in [0.2, 0.25) is 0 Å². The van der Waals surface area contributed by atoms with Gasteiger partial charge in [0.25, 0.3) is 0 Å². The van der Waals surface area contributed by atoms with Crippen LogP contribution in [0.25, 0.3) is 0 Å². The van der Waals surface area contributed by atoms with Crippen LogP contribution in [0.5, 0.6) is 0 Å². The molecule has 1 saturated heterocycles. The van der Waals surface area contributed by atoms with Gasteiger partial charge in [-0.1, -0.05) is 37.3 Å². The van der Waals surface area contributed by atoms with Crippen molar-refractivity contribution in [1.29, 1.82) is 0 Å². The van der Waals surface area contributed by atoms with Crippen molar-refractivity contribution in [3.05, 3.63) is 35.9 Å². The van der Waals surface area contributed by atoms with Crippen LogP contribution in [0.15, 0.2) is 30.3 Å².